The number of fused-ring (bicyclic) bond motifs is 1. The maximum Gasteiger partial charge on any atom is 0.191 e. The highest BCUT2D eigenvalue weighted by molar-refractivity contribution is 6.21. The smallest absolute Gasteiger partial charge is 0.191 e. The third kappa shape index (κ3) is 1.86. The summed E-state index contributed by atoms with van der Waals surface area (Å²) in [6.07, 6.45) is 0. The maximum atomic E-state index is 13.9. The van der Waals surface area contributed by atoms with Crippen molar-refractivity contribution < 1.29 is 9.18 Å². The largest absolute Gasteiger partial charge is 0.292 e. The zero-order valence-electron chi connectivity index (χ0n) is 15.7. The van der Waals surface area contributed by atoms with Gasteiger partial charge in [-0.3, -0.25) is 9.69 Å². The standard InChI is InChI=1S/C24H16FN3O/c1-28-12-20(15-8-10-17(25)11-9-15)23(13-26,14-27)24(28)19-7-3-5-16-4-2-6-18(21(16)19)22(24)29/h2-11,20H,12H2,1H3/t20-,24+/m1/s1. The first-order valence-corrected chi connectivity index (χ1v) is 9.37. The highest BCUT2D eigenvalue weighted by Crippen LogP contribution is 2.62. The van der Waals surface area contributed by atoms with Crippen LogP contribution in [0.4, 0.5) is 4.39 Å². The first-order valence-electron chi connectivity index (χ1n) is 9.37. The first-order chi connectivity index (χ1) is 14.0. The van der Waals surface area contributed by atoms with E-state index in [1.54, 1.807) is 25.2 Å². The van der Waals surface area contributed by atoms with E-state index in [1.165, 1.54) is 12.1 Å². The summed E-state index contributed by atoms with van der Waals surface area (Å²) >= 11 is 0. The van der Waals surface area contributed by atoms with Crippen LogP contribution in [0.15, 0.2) is 60.7 Å². The molecule has 1 heterocycles. The van der Waals surface area contributed by atoms with Crippen molar-refractivity contribution in [3.63, 3.8) is 0 Å². The molecule has 3 aromatic carbocycles. The lowest BCUT2D eigenvalue weighted by molar-refractivity contribution is 0.0614. The molecule has 140 valence electrons. The van der Waals surface area contributed by atoms with E-state index in [2.05, 4.69) is 12.1 Å². The fraction of sp³-hybridized carbons (Fsp3) is 0.208. The van der Waals surface area contributed by atoms with Gasteiger partial charge in [-0.05, 0) is 41.1 Å². The van der Waals surface area contributed by atoms with Crippen LogP contribution >= 0.6 is 0 Å². The van der Waals surface area contributed by atoms with Gasteiger partial charge in [-0.25, -0.2) is 4.39 Å². The second kappa shape index (κ2) is 5.73. The molecule has 5 heteroatoms. The van der Waals surface area contributed by atoms with Crippen LogP contribution < -0.4 is 0 Å². The Bertz CT molecular complexity index is 1250. The number of nitriles is 2. The fourth-order valence-electron chi connectivity index (χ4n) is 5.41. The number of halogens is 1. The van der Waals surface area contributed by atoms with Gasteiger partial charge in [0.1, 0.15) is 11.4 Å². The number of ketones is 1. The molecule has 1 aliphatic carbocycles. The van der Waals surface area contributed by atoms with Crippen molar-refractivity contribution >= 4 is 16.6 Å². The number of hydrogen-bond acceptors (Lipinski definition) is 4. The minimum atomic E-state index is -1.65. The molecule has 1 fully saturated rings. The van der Waals surface area contributed by atoms with Gasteiger partial charge in [0.05, 0.1) is 12.1 Å². The first kappa shape index (κ1) is 17.6. The second-order valence-electron chi connectivity index (χ2n) is 7.77. The summed E-state index contributed by atoms with van der Waals surface area (Å²) in [5.74, 6) is -1.17. The Labute approximate surface area is 167 Å². The molecule has 1 saturated heterocycles. The molecular formula is C24H16FN3O. The molecule has 0 radical (unpaired) electrons. The van der Waals surface area contributed by atoms with Crippen molar-refractivity contribution in [3.05, 3.63) is 83.2 Å². The lowest BCUT2D eigenvalue weighted by atomic mass is 9.62. The molecule has 3 aromatic rings. The van der Waals surface area contributed by atoms with Crippen LogP contribution in [0.1, 0.15) is 27.4 Å². The van der Waals surface area contributed by atoms with E-state index in [0.29, 0.717) is 23.2 Å². The maximum absolute atomic E-state index is 13.9. The lowest BCUT2D eigenvalue weighted by Crippen LogP contribution is -2.53. The van der Waals surface area contributed by atoms with Gasteiger partial charge in [-0.15, -0.1) is 0 Å². The van der Waals surface area contributed by atoms with E-state index >= 15 is 0 Å². The SMILES string of the molecule is CN1C[C@H](c2ccc(F)cc2)C(C#N)(C#N)[C@]12C(=O)c1cccc3cccc2c13. The van der Waals surface area contributed by atoms with Gasteiger partial charge >= 0.3 is 0 Å². The average Bonchev–Trinajstić information content (AvgIpc) is 3.16. The Morgan fingerprint density at radius 3 is 2.34 bits per heavy atom. The minimum absolute atomic E-state index is 0.223. The van der Waals surface area contributed by atoms with Gasteiger partial charge in [0.25, 0.3) is 0 Å². The van der Waals surface area contributed by atoms with E-state index in [1.807, 2.05) is 35.2 Å². The summed E-state index contributed by atoms with van der Waals surface area (Å²) in [5.41, 5.74) is -1.14. The highest BCUT2D eigenvalue weighted by atomic mass is 19.1. The number of benzene rings is 3. The number of hydrogen-bond donors (Lipinski definition) is 0. The van der Waals surface area contributed by atoms with Crippen LogP contribution in [0.5, 0.6) is 0 Å². The predicted molar refractivity (Wildman–Crippen MR) is 105 cm³/mol. The van der Waals surface area contributed by atoms with Crippen LogP contribution in [0, 0.1) is 33.9 Å². The van der Waals surface area contributed by atoms with E-state index in [-0.39, 0.29) is 11.6 Å². The summed E-state index contributed by atoms with van der Waals surface area (Å²) < 4.78 is 13.5. The Morgan fingerprint density at radius 1 is 1.03 bits per heavy atom. The molecule has 0 bridgehead atoms. The van der Waals surface area contributed by atoms with Gasteiger partial charge in [0.15, 0.2) is 11.2 Å². The zero-order valence-corrected chi connectivity index (χ0v) is 15.7. The molecule has 0 unspecified atom stereocenters. The quantitative estimate of drug-likeness (QED) is 0.636. The van der Waals surface area contributed by atoms with Crippen molar-refractivity contribution in [2.45, 2.75) is 11.5 Å². The van der Waals surface area contributed by atoms with Gasteiger partial charge in [0.2, 0.25) is 0 Å². The third-order valence-corrected chi connectivity index (χ3v) is 6.62. The average molecular weight is 381 g/mol. The van der Waals surface area contributed by atoms with E-state index < -0.39 is 16.9 Å². The molecule has 0 saturated carbocycles. The van der Waals surface area contributed by atoms with Gasteiger partial charge in [0, 0.05) is 18.0 Å². The highest BCUT2D eigenvalue weighted by Gasteiger charge is 2.72. The Balaban J connectivity index is 1.85. The fourth-order valence-corrected chi connectivity index (χ4v) is 5.41. The number of nitrogens with zero attached hydrogens (tertiary/aromatic N) is 3. The second-order valence-corrected chi connectivity index (χ2v) is 7.77. The van der Waals surface area contributed by atoms with Crippen molar-refractivity contribution in [1.82, 2.24) is 4.90 Å². The number of carbonyl (C=O) groups is 1. The topological polar surface area (TPSA) is 67.9 Å². The van der Waals surface area contributed by atoms with Crippen LogP contribution in [0.2, 0.25) is 0 Å². The predicted octanol–water partition coefficient (Wildman–Crippen LogP) is 4.13. The van der Waals surface area contributed by atoms with Crippen LogP contribution in [0.25, 0.3) is 10.8 Å². The molecule has 2 aliphatic rings. The molecule has 0 aromatic heterocycles. The van der Waals surface area contributed by atoms with Crippen LogP contribution in [-0.2, 0) is 5.54 Å². The summed E-state index contributed by atoms with van der Waals surface area (Å²) in [6, 6.07) is 21.5. The van der Waals surface area contributed by atoms with E-state index in [0.717, 1.165) is 10.8 Å². The summed E-state index contributed by atoms with van der Waals surface area (Å²) in [4.78, 5) is 15.7. The zero-order chi connectivity index (χ0) is 20.4. The summed E-state index contributed by atoms with van der Waals surface area (Å²) in [7, 11) is 1.79. The molecular weight excluding hydrogens is 365 g/mol. The minimum Gasteiger partial charge on any atom is -0.292 e. The number of Topliss-reactive ketones (excluding diaryl/α,β-unsaturated/α-hetero) is 1. The molecule has 1 spiro atoms. The molecule has 4 nitrogen and oxygen atoms in total. The normalized spacial score (nSPS) is 24.7. The van der Waals surface area contributed by atoms with Gasteiger partial charge in [-0.2, -0.15) is 10.5 Å². The van der Waals surface area contributed by atoms with Crippen LogP contribution in [0.3, 0.4) is 0 Å². The number of rotatable bonds is 1. The number of likely N-dealkylation sites (tertiary alicyclic amines) is 1. The number of carbonyl (C=O) groups excluding carboxylic acids is 1. The molecule has 1 aliphatic heterocycles. The molecule has 29 heavy (non-hydrogen) atoms. The summed E-state index contributed by atoms with van der Waals surface area (Å²) in [5, 5.41) is 22.5. The molecule has 5 rings (SSSR count). The van der Waals surface area contributed by atoms with Crippen molar-refractivity contribution in [2.75, 3.05) is 13.6 Å². The molecule has 0 N–H and O–H groups in total. The van der Waals surface area contributed by atoms with Gasteiger partial charge in [-0.1, -0.05) is 48.5 Å². The third-order valence-electron chi connectivity index (χ3n) is 6.62. The molecule has 0 amide bonds. The van der Waals surface area contributed by atoms with E-state index in [9.17, 15) is 19.7 Å². The Kier molecular flexibility index (Phi) is 3.47. The Morgan fingerprint density at radius 2 is 1.69 bits per heavy atom. The summed E-state index contributed by atoms with van der Waals surface area (Å²) in [6.45, 7) is 0.336. The lowest BCUT2D eigenvalue weighted by Gasteiger charge is -2.39. The van der Waals surface area contributed by atoms with Gasteiger partial charge < -0.3 is 0 Å². The number of likely N-dealkylation sites (N-methyl/N-ethyl adjacent to an activating group) is 1. The van der Waals surface area contributed by atoms with Crippen molar-refractivity contribution in [2.24, 2.45) is 5.41 Å². The Hall–Kier alpha value is -3.54. The van der Waals surface area contributed by atoms with E-state index in [4.69, 9.17) is 0 Å². The molecule has 2 atom stereocenters. The van der Waals surface area contributed by atoms with Crippen LogP contribution in [-0.4, -0.2) is 24.3 Å². The monoisotopic (exact) mass is 381 g/mol. The van der Waals surface area contributed by atoms with Crippen molar-refractivity contribution in [1.29, 1.82) is 10.5 Å². The van der Waals surface area contributed by atoms with Crippen molar-refractivity contribution in [3.8, 4) is 12.1 Å².